The Hall–Kier alpha value is -3.03. The molecule has 0 aliphatic carbocycles. The number of carboxylic acid groups (broad SMARTS) is 1. The van der Waals surface area contributed by atoms with Gasteiger partial charge in [0.1, 0.15) is 23.4 Å². The molecule has 1 aliphatic rings. The van der Waals surface area contributed by atoms with Gasteiger partial charge in [0.2, 0.25) is 0 Å². The number of amides is 1. The van der Waals surface area contributed by atoms with Crippen LogP contribution in [-0.2, 0) is 19.3 Å². The lowest BCUT2D eigenvalue weighted by atomic mass is 10.2. The number of rotatable bonds is 8. The van der Waals surface area contributed by atoms with Crippen LogP contribution in [-0.4, -0.2) is 56.3 Å². The van der Waals surface area contributed by atoms with Crippen molar-refractivity contribution in [2.24, 2.45) is 0 Å². The largest absolute Gasteiger partial charge is 0.573 e. The van der Waals surface area contributed by atoms with E-state index in [1.54, 1.807) is 13.8 Å². The van der Waals surface area contributed by atoms with Gasteiger partial charge in [-0.15, -0.1) is 13.2 Å². The Kier molecular flexibility index (Phi) is 7.29. The maximum absolute atomic E-state index is 12.9. The van der Waals surface area contributed by atoms with Crippen LogP contribution in [0.1, 0.15) is 13.8 Å². The molecule has 2 N–H and O–H groups in total. The first-order valence-corrected chi connectivity index (χ1v) is 11.6. The maximum atomic E-state index is 12.9. The quantitative estimate of drug-likeness (QED) is 0.554. The van der Waals surface area contributed by atoms with E-state index >= 15 is 0 Å². The van der Waals surface area contributed by atoms with Gasteiger partial charge in [-0.3, -0.25) is 0 Å². The molecule has 0 radical (unpaired) electrons. The lowest BCUT2D eigenvalue weighted by molar-refractivity contribution is -0.274. The van der Waals surface area contributed by atoms with Gasteiger partial charge in [0, 0.05) is 0 Å². The molecule has 2 aromatic carbocycles. The Morgan fingerprint density at radius 1 is 1.12 bits per heavy atom. The summed E-state index contributed by atoms with van der Waals surface area (Å²) in [5.74, 6) is -1.51. The molecule has 1 amide bonds. The minimum Gasteiger partial charge on any atom is -0.465 e. The highest BCUT2D eigenvalue weighted by atomic mass is 32.2. The number of ether oxygens (including phenoxy) is 4. The molecule has 0 aromatic heterocycles. The number of hydrogen-bond acceptors (Lipinski definition) is 7. The monoisotopic (exact) mass is 505 g/mol. The van der Waals surface area contributed by atoms with Gasteiger partial charge in [-0.05, 0) is 62.4 Å². The van der Waals surface area contributed by atoms with Crippen LogP contribution < -0.4 is 14.8 Å². The topological polar surface area (TPSA) is 120 Å². The molecule has 1 aliphatic heterocycles. The molecule has 0 bridgehead atoms. The fourth-order valence-electron chi connectivity index (χ4n) is 3.21. The molecule has 3 rings (SSSR count). The lowest BCUT2D eigenvalue weighted by Gasteiger charge is -2.24. The highest BCUT2D eigenvalue weighted by molar-refractivity contribution is 7.91. The zero-order valence-corrected chi connectivity index (χ0v) is 18.9. The third-order valence-electron chi connectivity index (χ3n) is 4.66. The normalized spacial score (nSPS) is 18.8. The molecule has 2 atom stereocenters. The van der Waals surface area contributed by atoms with Crippen LogP contribution in [0.4, 0.5) is 18.0 Å². The van der Waals surface area contributed by atoms with Gasteiger partial charge < -0.3 is 29.4 Å². The number of carbonyl (C=O) groups is 1. The summed E-state index contributed by atoms with van der Waals surface area (Å²) in [6.07, 6.45) is -7.01. The van der Waals surface area contributed by atoms with Crippen LogP contribution in [0.2, 0.25) is 0 Å². The van der Waals surface area contributed by atoms with Gasteiger partial charge in [-0.25, -0.2) is 13.2 Å². The Balaban J connectivity index is 1.68. The van der Waals surface area contributed by atoms with E-state index in [-0.39, 0.29) is 23.0 Å². The Morgan fingerprint density at radius 2 is 1.65 bits per heavy atom. The van der Waals surface area contributed by atoms with Crippen LogP contribution >= 0.6 is 0 Å². The van der Waals surface area contributed by atoms with Crippen molar-refractivity contribution in [1.29, 1.82) is 0 Å². The van der Waals surface area contributed by atoms with Crippen molar-refractivity contribution in [1.82, 2.24) is 5.32 Å². The third-order valence-corrected chi connectivity index (χ3v) is 6.45. The summed E-state index contributed by atoms with van der Waals surface area (Å²) in [4.78, 5) is 11.1. The van der Waals surface area contributed by atoms with Crippen molar-refractivity contribution in [3.8, 4) is 17.2 Å². The standard InChI is InChI=1S/C21H22F3NO8S/c1-20(2)30-11-18(33-20)17(25-19(26)27)12-34(28,29)16-9-7-14(8-10-16)31-13-3-5-15(6-4-13)32-21(22,23)24/h3-10,17-18,25H,11-12H2,1-2H3,(H,26,27)/t17-,18+/m1/s1. The smallest absolute Gasteiger partial charge is 0.465 e. The number of hydrogen-bond donors (Lipinski definition) is 2. The van der Waals surface area contributed by atoms with E-state index in [0.29, 0.717) is 0 Å². The highest BCUT2D eigenvalue weighted by Crippen LogP contribution is 2.29. The van der Waals surface area contributed by atoms with Gasteiger partial charge in [-0.1, -0.05) is 0 Å². The molecule has 1 saturated heterocycles. The number of halogens is 3. The summed E-state index contributed by atoms with van der Waals surface area (Å²) >= 11 is 0. The van der Waals surface area contributed by atoms with Crippen molar-refractivity contribution in [2.45, 2.75) is 43.0 Å². The molecular formula is C21H22F3NO8S. The van der Waals surface area contributed by atoms with Gasteiger partial charge in [0.05, 0.1) is 23.3 Å². The Labute approximate surface area is 193 Å². The molecule has 1 heterocycles. The highest BCUT2D eigenvalue weighted by Gasteiger charge is 2.40. The Bertz CT molecular complexity index is 1100. The van der Waals surface area contributed by atoms with E-state index in [1.807, 2.05) is 0 Å². The van der Waals surface area contributed by atoms with E-state index in [2.05, 4.69) is 10.1 Å². The number of benzene rings is 2. The van der Waals surface area contributed by atoms with Crippen molar-refractivity contribution in [2.75, 3.05) is 12.4 Å². The van der Waals surface area contributed by atoms with E-state index in [1.165, 1.54) is 36.4 Å². The molecule has 1 fully saturated rings. The molecule has 0 spiro atoms. The fraction of sp³-hybridized carbons (Fsp3) is 0.381. The average molecular weight is 505 g/mol. The summed E-state index contributed by atoms with van der Waals surface area (Å²) in [6, 6.07) is 8.89. The first kappa shape index (κ1) is 25.6. The summed E-state index contributed by atoms with van der Waals surface area (Å²) in [6.45, 7) is 3.29. The summed E-state index contributed by atoms with van der Waals surface area (Å²) in [7, 11) is -3.93. The molecule has 186 valence electrons. The van der Waals surface area contributed by atoms with Gasteiger partial charge in [-0.2, -0.15) is 0 Å². The van der Waals surface area contributed by atoms with Gasteiger partial charge in [0.15, 0.2) is 15.6 Å². The van der Waals surface area contributed by atoms with E-state index in [0.717, 1.165) is 12.1 Å². The van der Waals surface area contributed by atoms with E-state index < -0.39 is 51.7 Å². The second kappa shape index (κ2) is 9.68. The SMILES string of the molecule is CC1(C)OC[C@@H]([C@@H](CS(=O)(=O)c2ccc(Oc3ccc(OC(F)(F)F)cc3)cc2)NC(=O)O)O1. The average Bonchev–Trinajstić information content (AvgIpc) is 3.08. The fourth-order valence-corrected chi connectivity index (χ4v) is 4.72. The molecular weight excluding hydrogens is 483 g/mol. The predicted molar refractivity (Wildman–Crippen MR) is 112 cm³/mol. The van der Waals surface area contributed by atoms with Crippen LogP contribution in [0, 0.1) is 0 Å². The summed E-state index contributed by atoms with van der Waals surface area (Å²) in [5, 5.41) is 11.3. The second-order valence-corrected chi connectivity index (χ2v) is 9.83. The minimum atomic E-state index is -4.81. The number of nitrogens with one attached hydrogen (secondary N) is 1. The number of alkyl halides is 3. The number of sulfone groups is 1. The first-order valence-electron chi connectivity index (χ1n) is 9.90. The summed E-state index contributed by atoms with van der Waals surface area (Å²) < 4.78 is 82.8. The molecule has 0 unspecified atom stereocenters. The maximum Gasteiger partial charge on any atom is 0.573 e. The lowest BCUT2D eigenvalue weighted by Crippen LogP contribution is -2.48. The second-order valence-electron chi connectivity index (χ2n) is 7.80. The minimum absolute atomic E-state index is 0.0209. The predicted octanol–water partition coefficient (Wildman–Crippen LogP) is 3.94. The molecule has 2 aromatic rings. The van der Waals surface area contributed by atoms with Gasteiger partial charge >= 0.3 is 12.5 Å². The summed E-state index contributed by atoms with van der Waals surface area (Å²) in [5.41, 5.74) is 0. The molecule has 0 saturated carbocycles. The van der Waals surface area contributed by atoms with E-state index in [4.69, 9.17) is 19.3 Å². The molecule has 13 heteroatoms. The van der Waals surface area contributed by atoms with Crippen LogP contribution in [0.15, 0.2) is 53.4 Å². The zero-order chi connectivity index (χ0) is 25.1. The third kappa shape index (κ3) is 7.23. The van der Waals surface area contributed by atoms with Crippen LogP contribution in [0.3, 0.4) is 0 Å². The molecule has 9 nitrogen and oxygen atoms in total. The zero-order valence-electron chi connectivity index (χ0n) is 18.0. The Morgan fingerprint density at radius 3 is 2.12 bits per heavy atom. The van der Waals surface area contributed by atoms with Crippen LogP contribution in [0.25, 0.3) is 0 Å². The van der Waals surface area contributed by atoms with Crippen molar-refractivity contribution < 1.29 is 50.4 Å². The molecule has 34 heavy (non-hydrogen) atoms. The van der Waals surface area contributed by atoms with Crippen molar-refractivity contribution in [3.63, 3.8) is 0 Å². The van der Waals surface area contributed by atoms with Crippen LogP contribution in [0.5, 0.6) is 17.2 Å². The van der Waals surface area contributed by atoms with Crippen molar-refractivity contribution in [3.05, 3.63) is 48.5 Å². The van der Waals surface area contributed by atoms with Gasteiger partial charge in [0.25, 0.3) is 0 Å². The van der Waals surface area contributed by atoms with Crippen molar-refractivity contribution >= 4 is 15.9 Å². The van der Waals surface area contributed by atoms with E-state index in [9.17, 15) is 26.4 Å². The first-order chi connectivity index (χ1) is 15.7.